The van der Waals surface area contributed by atoms with Crippen LogP contribution in [0.25, 0.3) is 0 Å². The molecule has 0 fully saturated rings. The third kappa shape index (κ3) is 2.46. The quantitative estimate of drug-likeness (QED) is 0.495. The maximum Gasteiger partial charge on any atom is 0.280 e. The van der Waals surface area contributed by atoms with Crippen molar-refractivity contribution >= 4 is 32.3 Å². The van der Waals surface area contributed by atoms with Crippen molar-refractivity contribution in [2.24, 2.45) is 0 Å². The monoisotopic (exact) mass is 347 g/mol. The van der Waals surface area contributed by atoms with E-state index in [2.05, 4.69) is 15.2 Å². The molecule has 0 spiro atoms. The second kappa shape index (κ2) is 5.07. The Labute approximate surface area is 113 Å². The zero-order valence-electron chi connectivity index (χ0n) is 9.55. The Bertz CT molecular complexity index is 510. The Morgan fingerprint density at radius 3 is 3.00 bits per heavy atom. The maximum absolute atomic E-state index is 12.0. The molecule has 2 N–H and O–H groups in total. The number of anilines is 1. The fourth-order valence-corrected chi connectivity index (χ4v) is 2.43. The van der Waals surface area contributed by atoms with Crippen molar-refractivity contribution in [2.75, 3.05) is 12.4 Å². The largest absolute Gasteiger partial charge is 0.374 e. The van der Waals surface area contributed by atoms with Crippen molar-refractivity contribution in [3.63, 3.8) is 0 Å². The van der Waals surface area contributed by atoms with Gasteiger partial charge in [-0.3, -0.25) is 9.59 Å². The van der Waals surface area contributed by atoms with Crippen LogP contribution >= 0.6 is 22.6 Å². The highest BCUT2D eigenvalue weighted by Gasteiger charge is 2.18. The van der Waals surface area contributed by atoms with Crippen LogP contribution in [0.2, 0.25) is 0 Å². The molecule has 1 aromatic heterocycles. The molecule has 17 heavy (non-hydrogen) atoms. The molecule has 0 unspecified atom stereocenters. The zero-order valence-corrected chi connectivity index (χ0v) is 11.7. The average molecular weight is 347 g/mol. The van der Waals surface area contributed by atoms with Gasteiger partial charge in [-0.1, -0.05) is 0 Å². The van der Waals surface area contributed by atoms with Crippen LogP contribution in [0, 0.1) is 0 Å². The predicted molar refractivity (Wildman–Crippen MR) is 74.8 cm³/mol. The summed E-state index contributed by atoms with van der Waals surface area (Å²) in [5, 5.41) is 5.73. The summed E-state index contributed by atoms with van der Waals surface area (Å²) < 4.78 is 1.96. The molecule has 0 atom stereocenters. The summed E-state index contributed by atoms with van der Waals surface area (Å²) in [6.07, 6.45) is 2.01. The summed E-state index contributed by atoms with van der Waals surface area (Å²) in [6, 6.07) is 1.68. The lowest BCUT2D eigenvalue weighted by molar-refractivity contribution is 0.262. The normalized spacial score (nSPS) is 13.3. The molecule has 1 aliphatic heterocycles. The predicted octanol–water partition coefficient (Wildman–Crippen LogP) is 1.48. The van der Waals surface area contributed by atoms with E-state index in [1.54, 1.807) is 35.7 Å². The minimum Gasteiger partial charge on any atom is -0.374 e. The number of amides is 1. The van der Waals surface area contributed by atoms with Gasteiger partial charge in [0.2, 0.25) is 0 Å². The van der Waals surface area contributed by atoms with Gasteiger partial charge >= 0.3 is 0 Å². The molecule has 0 bridgehead atoms. The van der Waals surface area contributed by atoms with Crippen molar-refractivity contribution < 1.29 is 4.79 Å². The molecule has 0 aromatic carbocycles. The zero-order chi connectivity index (χ0) is 12.4. The van der Waals surface area contributed by atoms with Gasteiger partial charge in [0, 0.05) is 47.9 Å². The lowest BCUT2D eigenvalue weighted by Gasteiger charge is -2.16. The molecule has 1 aromatic rings. The third-order valence-corrected chi connectivity index (χ3v) is 3.33. The Hall–Kier alpha value is -1.05. The molecule has 6 heteroatoms. The first kappa shape index (κ1) is 12.4. The smallest absolute Gasteiger partial charge is 0.280 e. The fourth-order valence-electron chi connectivity index (χ4n) is 2.23. The number of carbonyl (C=O) groups is 1. The minimum atomic E-state index is -0.158. The van der Waals surface area contributed by atoms with Gasteiger partial charge < -0.3 is 15.2 Å². The van der Waals surface area contributed by atoms with Gasteiger partial charge in [-0.15, -0.1) is 0 Å². The number of aryl methyl sites for hydroxylation is 1. The summed E-state index contributed by atoms with van der Waals surface area (Å²) >= 11 is 1.66. The van der Waals surface area contributed by atoms with Crippen molar-refractivity contribution in [1.29, 1.82) is 0 Å². The highest BCUT2D eigenvalue weighted by Crippen LogP contribution is 2.21. The molecule has 0 saturated carbocycles. The second-order valence-corrected chi connectivity index (χ2v) is 4.94. The van der Waals surface area contributed by atoms with E-state index in [4.69, 9.17) is 0 Å². The molecule has 0 radical (unpaired) electrons. The van der Waals surface area contributed by atoms with Gasteiger partial charge in [0.15, 0.2) is 5.43 Å². The number of pyridine rings is 1. The fraction of sp³-hybridized carbons (Fsp3) is 0.455. The van der Waals surface area contributed by atoms with Gasteiger partial charge in [-0.25, -0.2) is 0 Å². The first-order valence-electron chi connectivity index (χ1n) is 5.50. The van der Waals surface area contributed by atoms with Crippen molar-refractivity contribution in [3.8, 4) is 0 Å². The number of nitrogens with one attached hydrogen (secondary N) is 2. The molecule has 5 nitrogen and oxygen atoms in total. The summed E-state index contributed by atoms with van der Waals surface area (Å²) in [5.74, 6) is 0.829. The van der Waals surface area contributed by atoms with Crippen molar-refractivity contribution in [2.45, 2.75) is 25.9 Å². The van der Waals surface area contributed by atoms with Gasteiger partial charge in [0.25, 0.3) is 3.91 Å². The van der Waals surface area contributed by atoms with Gasteiger partial charge in [0.05, 0.1) is 12.1 Å². The van der Waals surface area contributed by atoms with Crippen LogP contribution in [0.15, 0.2) is 10.9 Å². The number of nitrogens with zero attached hydrogens (tertiary/aromatic N) is 1. The Balaban J connectivity index is 2.43. The van der Waals surface area contributed by atoms with E-state index in [-0.39, 0.29) is 15.9 Å². The van der Waals surface area contributed by atoms with E-state index >= 15 is 0 Å². The molecule has 1 amide bonds. The first-order valence-corrected chi connectivity index (χ1v) is 6.58. The molecule has 0 saturated heterocycles. The van der Waals surface area contributed by atoms with Crippen LogP contribution in [0.3, 0.4) is 0 Å². The Kier molecular flexibility index (Phi) is 3.70. The van der Waals surface area contributed by atoms with E-state index in [1.807, 2.05) is 0 Å². The van der Waals surface area contributed by atoms with Gasteiger partial charge in [-0.2, -0.15) is 0 Å². The molecule has 92 valence electrons. The van der Waals surface area contributed by atoms with Crippen LogP contribution in [0.5, 0.6) is 0 Å². The molecule has 2 heterocycles. The maximum atomic E-state index is 12.0. The highest BCUT2D eigenvalue weighted by atomic mass is 127. The van der Waals surface area contributed by atoms with Crippen molar-refractivity contribution in [1.82, 2.24) is 9.88 Å². The van der Waals surface area contributed by atoms with E-state index in [0.29, 0.717) is 5.56 Å². The number of fused-ring (bicyclic) bond motifs is 1. The Morgan fingerprint density at radius 2 is 2.35 bits per heavy atom. The molecule has 0 aliphatic carbocycles. The van der Waals surface area contributed by atoms with Gasteiger partial charge in [-0.05, 0) is 12.8 Å². The molecular weight excluding hydrogens is 333 g/mol. The van der Waals surface area contributed by atoms with E-state index in [9.17, 15) is 9.59 Å². The highest BCUT2D eigenvalue weighted by molar-refractivity contribution is 14.1. The SMILES string of the molecule is CNc1c(CNC(=O)I)c(=O)cc2n1CCC2. The first-order chi connectivity index (χ1) is 8.13. The number of rotatable bonds is 3. The van der Waals surface area contributed by atoms with E-state index in [1.165, 1.54) is 0 Å². The lowest BCUT2D eigenvalue weighted by Crippen LogP contribution is -2.25. The van der Waals surface area contributed by atoms with E-state index in [0.717, 1.165) is 30.9 Å². The minimum absolute atomic E-state index is 0.00681. The number of carbonyl (C=O) groups excluding carboxylic acids is 1. The lowest BCUT2D eigenvalue weighted by atomic mass is 10.2. The second-order valence-electron chi connectivity index (χ2n) is 3.96. The van der Waals surface area contributed by atoms with Crippen LogP contribution in [0.4, 0.5) is 10.6 Å². The van der Waals surface area contributed by atoms with E-state index < -0.39 is 0 Å². The standard InChI is InChI=1S/C11H14IN3O2/c1-13-10-8(6-14-11(12)17)9(16)5-7-3-2-4-15(7)10/h5,13H,2-4,6H2,1H3,(H,14,17). The summed E-state index contributed by atoms with van der Waals surface area (Å²) in [6.45, 7) is 1.20. The van der Waals surface area contributed by atoms with Crippen LogP contribution < -0.4 is 16.1 Å². The number of hydrogen-bond acceptors (Lipinski definition) is 3. The topological polar surface area (TPSA) is 63.1 Å². The van der Waals surface area contributed by atoms with Gasteiger partial charge in [0.1, 0.15) is 5.82 Å². The number of hydrogen-bond donors (Lipinski definition) is 2. The van der Waals surface area contributed by atoms with Crippen LogP contribution in [-0.4, -0.2) is 15.5 Å². The number of aromatic nitrogens is 1. The Morgan fingerprint density at radius 1 is 1.59 bits per heavy atom. The third-order valence-electron chi connectivity index (χ3n) is 2.95. The van der Waals surface area contributed by atoms with Crippen molar-refractivity contribution in [3.05, 3.63) is 27.5 Å². The van der Waals surface area contributed by atoms with Crippen LogP contribution in [-0.2, 0) is 19.5 Å². The molecule has 1 aliphatic rings. The summed E-state index contributed by atoms with van der Waals surface area (Å²) in [4.78, 5) is 22.9. The van der Waals surface area contributed by atoms with Crippen LogP contribution in [0.1, 0.15) is 17.7 Å². The summed E-state index contributed by atoms with van der Waals surface area (Å²) in [5.41, 5.74) is 1.69. The average Bonchev–Trinajstić information content (AvgIpc) is 2.72. The summed E-state index contributed by atoms with van der Waals surface area (Å²) in [7, 11) is 1.80. The number of halogens is 1. The molecular formula is C11H14IN3O2. The molecule has 2 rings (SSSR count).